The standard InChI is InChI=1S/7C10H15N2O3.2C2H2O4.BO3/c7*1-2-11-5-6-12(8-11)4-3-9-7-14-10(13)15-9;2*3-1(4)2(5)6;2-1(3)4/h7*5-6,8-9H,2-4,7H2,1H3;2*(H,3,4)(H,5,6);/q7*+1;;;-3/p-4. The molecule has 0 spiro atoms. The Labute approximate surface area is 695 Å². The van der Waals surface area contributed by atoms with E-state index in [4.69, 9.17) is 121 Å². The molecular weight excluding hydrogens is 1610 g/mol. The fourth-order valence-electron chi connectivity index (χ4n) is 10.9. The van der Waals surface area contributed by atoms with E-state index < -0.39 is 74.3 Å². The van der Waals surface area contributed by atoms with Crippen LogP contribution in [-0.2, 0) is 177 Å². The molecule has 7 fully saturated rings. The third kappa shape index (κ3) is 40.9. The molecule has 0 radical (unpaired) electrons. The summed E-state index contributed by atoms with van der Waals surface area (Å²) in [4.78, 5) is 110. The van der Waals surface area contributed by atoms with Crippen LogP contribution in [0.4, 0.5) is 33.6 Å². The van der Waals surface area contributed by atoms with Crippen LogP contribution in [-0.4, -0.2) is 195 Å². The number of hydrogen-bond donors (Lipinski definition) is 0. The maximum Gasteiger partial charge on any atom is 0.508 e. The third-order valence-corrected chi connectivity index (χ3v) is 17.6. The molecule has 7 unspecified atom stereocenters. The molecule has 7 aromatic rings. The van der Waals surface area contributed by atoms with Crippen LogP contribution in [0.2, 0.25) is 0 Å². The molecule has 7 aliphatic rings. The molecule has 0 aromatic carbocycles. The van der Waals surface area contributed by atoms with Crippen molar-refractivity contribution in [3.8, 4) is 0 Å². The Hall–Kier alpha value is -12.8. The predicted octanol–water partition coefficient (Wildman–Crippen LogP) is -5.93. The van der Waals surface area contributed by atoms with Crippen LogP contribution in [0.25, 0.3) is 0 Å². The van der Waals surface area contributed by atoms with Gasteiger partial charge in [0.2, 0.25) is 44.3 Å². The largest absolute Gasteiger partial charge is 0.907 e. The zero-order valence-electron chi connectivity index (χ0n) is 68.4. The van der Waals surface area contributed by atoms with Crippen LogP contribution in [0.1, 0.15) is 93.4 Å². The first-order chi connectivity index (χ1) is 57.9. The topological polar surface area (TPSA) is 540 Å². The second-order valence-corrected chi connectivity index (χ2v) is 26.4. The molecule has 7 aliphatic heterocycles. The van der Waals surface area contributed by atoms with E-state index in [1.165, 1.54) is 0 Å². The number of rotatable bonds is 28. The Morgan fingerprint density at radius 2 is 0.388 bits per heavy atom. The van der Waals surface area contributed by atoms with E-state index in [1.54, 1.807) is 0 Å². The molecule has 666 valence electrons. The number of cyclic esters (lactones) is 14. The quantitative estimate of drug-likeness (QED) is 0.0145. The van der Waals surface area contributed by atoms with Gasteiger partial charge in [0, 0.05) is 44.9 Å². The summed E-state index contributed by atoms with van der Waals surface area (Å²) in [6.07, 6.45) is 43.7. The zero-order valence-corrected chi connectivity index (χ0v) is 68.4. The van der Waals surface area contributed by atoms with Crippen molar-refractivity contribution in [2.45, 2.75) is 228 Å². The summed E-state index contributed by atoms with van der Waals surface area (Å²) in [5.74, 6) is -8.74. The molecule has 0 aliphatic carbocycles. The summed E-state index contributed by atoms with van der Waals surface area (Å²) >= 11 is 0. The fraction of sp³-hybridized carbons (Fsp3) is 0.568. The molecule has 14 heterocycles. The van der Waals surface area contributed by atoms with Gasteiger partial charge in [-0.05, 0) is 48.5 Å². The smallest absolute Gasteiger partial charge is 0.508 e. The first kappa shape index (κ1) is 98.8. The summed E-state index contributed by atoms with van der Waals surface area (Å²) in [6, 6.07) is 0. The number of hydrogen-bond acceptors (Lipinski definition) is 32. The number of carboxylic acid groups (broad SMARTS) is 4. The van der Waals surface area contributed by atoms with Crippen molar-refractivity contribution in [2.24, 2.45) is 0 Å². The first-order valence-electron chi connectivity index (χ1n) is 39.0. The highest BCUT2D eigenvalue weighted by Crippen LogP contribution is 2.15. The number of imidazole rings is 7. The number of aromatic nitrogens is 14. The lowest BCUT2D eigenvalue weighted by atomic mass is 10.3. The maximum atomic E-state index is 10.7. The van der Waals surface area contributed by atoms with Crippen LogP contribution in [0.3, 0.4) is 0 Å². The Balaban J connectivity index is 0.000000244. The highest BCUT2D eigenvalue weighted by molar-refractivity contribution is 6.25. The van der Waals surface area contributed by atoms with E-state index in [0.717, 1.165) is 137 Å². The summed E-state index contributed by atoms with van der Waals surface area (Å²) in [5.41, 5.74) is 0. The van der Waals surface area contributed by atoms with Gasteiger partial charge in [0.1, 0.15) is 176 Å². The Morgan fingerprint density at radius 3 is 0.463 bits per heavy atom. The van der Waals surface area contributed by atoms with Gasteiger partial charge in [-0.3, -0.25) is 7.32 Å². The van der Waals surface area contributed by atoms with Crippen LogP contribution in [0, 0.1) is 0 Å². The highest BCUT2D eigenvalue weighted by atomic mass is 16.8. The molecule has 46 nitrogen and oxygen atoms in total. The minimum absolute atomic E-state index is 0.0880. The van der Waals surface area contributed by atoms with Gasteiger partial charge >= 0.3 is 43.1 Å². The lowest BCUT2D eigenvalue weighted by Crippen LogP contribution is -2.56. The second kappa shape index (κ2) is 54.3. The van der Waals surface area contributed by atoms with Gasteiger partial charge in [-0.1, -0.05) is 0 Å². The highest BCUT2D eigenvalue weighted by Gasteiger charge is 2.31. The number of carbonyl (C=O) groups is 11. The number of nitrogens with zero attached hydrogens (tertiary/aromatic N) is 14. The fourth-order valence-corrected chi connectivity index (χ4v) is 10.9. The normalized spacial score (nSPS) is 18.4. The average molecular weight is 1710 g/mol. The number of carbonyl (C=O) groups excluding carboxylic acids is 11. The molecule has 0 bridgehead atoms. The Morgan fingerprint density at radius 1 is 0.273 bits per heavy atom. The summed E-state index contributed by atoms with van der Waals surface area (Å²) < 4.78 is 96.7. The predicted molar refractivity (Wildman–Crippen MR) is 384 cm³/mol. The summed E-state index contributed by atoms with van der Waals surface area (Å²) in [7, 11) is -2.92. The minimum Gasteiger partial charge on any atom is -0.907 e. The summed E-state index contributed by atoms with van der Waals surface area (Å²) in [5, 5.41) is 61.0. The lowest BCUT2D eigenvalue weighted by Gasteiger charge is -2.35. The van der Waals surface area contributed by atoms with Crippen molar-refractivity contribution in [3.05, 3.63) is 131 Å². The monoisotopic (exact) mass is 1710 g/mol. The van der Waals surface area contributed by atoms with Gasteiger partial charge in [-0.2, -0.15) is 0 Å². The first-order valence-corrected chi connectivity index (χ1v) is 39.0. The van der Waals surface area contributed by atoms with Crippen molar-refractivity contribution in [1.82, 2.24) is 32.0 Å². The number of ether oxygens (including phenoxy) is 14. The second-order valence-electron chi connectivity index (χ2n) is 26.4. The molecule has 14 rings (SSSR count). The maximum absolute atomic E-state index is 10.7. The van der Waals surface area contributed by atoms with Gasteiger partial charge in [0.25, 0.3) is 0 Å². The van der Waals surface area contributed by atoms with Crippen molar-refractivity contribution in [2.75, 3.05) is 46.2 Å². The van der Waals surface area contributed by atoms with Crippen LogP contribution >= 0.6 is 0 Å². The number of carboxylic acids is 4. The molecule has 121 heavy (non-hydrogen) atoms. The third-order valence-electron chi connectivity index (χ3n) is 17.6. The lowest BCUT2D eigenvalue weighted by molar-refractivity contribution is -0.697. The molecule has 47 heteroatoms. The van der Waals surface area contributed by atoms with Gasteiger partial charge < -0.3 is 121 Å². The van der Waals surface area contributed by atoms with E-state index in [2.05, 4.69) is 112 Å². The van der Waals surface area contributed by atoms with Crippen LogP contribution in [0.5, 0.6) is 0 Å². The number of aliphatic carboxylic acids is 4. The Kier molecular flexibility index (Phi) is 44.3. The SMILES string of the molecule is CCn1cc[n+](CCC2COC(=O)O2)c1.CCn1cc[n+](CCC2COC(=O)O2)c1.CCn1cc[n+](CCC2COC(=O)O2)c1.CCn1cc[n+](CCC2COC(=O)O2)c1.CCn1cc[n+](CCC2COC(=O)O2)c1.CCn1cc[n+](CCC2COC(=O)O2)c1.CCn1cc[n+](CCC2COC(=O)O2)c1.O=C([O-])C(=O)[O-].O=C([O-])C(=O)[O-].[O-]B([O-])[O-]. The molecule has 0 saturated carbocycles. The van der Waals surface area contributed by atoms with E-state index >= 15 is 0 Å². The van der Waals surface area contributed by atoms with E-state index in [9.17, 15) is 33.6 Å². The number of aryl methyl sites for hydroxylation is 14. The average Bonchev–Trinajstić information content (AvgIpc) is 1.79. The summed E-state index contributed by atoms with van der Waals surface area (Å²) in [6.45, 7) is 30.0. The van der Waals surface area contributed by atoms with Gasteiger partial charge in [-0.25, -0.2) is 97.5 Å². The van der Waals surface area contributed by atoms with E-state index in [-0.39, 0.29) is 42.7 Å². The minimum atomic E-state index is -2.92. The van der Waals surface area contributed by atoms with Crippen molar-refractivity contribution < 1.29 is 187 Å². The van der Waals surface area contributed by atoms with E-state index in [1.807, 2.05) is 131 Å². The molecule has 0 amide bonds. The van der Waals surface area contributed by atoms with Crippen molar-refractivity contribution in [1.29, 1.82) is 0 Å². The van der Waals surface area contributed by atoms with Gasteiger partial charge in [0.15, 0.2) is 0 Å². The zero-order chi connectivity index (χ0) is 88.6. The van der Waals surface area contributed by atoms with Crippen molar-refractivity contribution >= 4 is 74.3 Å². The molecule has 7 saturated heterocycles. The van der Waals surface area contributed by atoms with Crippen LogP contribution in [0.15, 0.2) is 131 Å². The Bertz CT molecular complexity index is 3580. The van der Waals surface area contributed by atoms with Gasteiger partial charge in [-0.15, -0.1) is 0 Å². The van der Waals surface area contributed by atoms with Crippen molar-refractivity contribution in [3.63, 3.8) is 0 Å². The molecule has 7 aromatic heterocycles. The molecule has 0 N–H and O–H groups in total. The van der Waals surface area contributed by atoms with Crippen LogP contribution < -0.4 is 67.5 Å². The van der Waals surface area contributed by atoms with Gasteiger partial charge in [0.05, 0.1) is 116 Å². The molecular formula is C74H105BN14O32. The van der Waals surface area contributed by atoms with E-state index in [0.29, 0.717) is 46.2 Å². The molecule has 7 atom stereocenters.